The molecule has 3 nitrogen and oxygen atoms in total. The van der Waals surface area contributed by atoms with Crippen LogP contribution in [0.5, 0.6) is 0 Å². The van der Waals surface area contributed by atoms with Gasteiger partial charge in [-0.3, -0.25) is 0 Å². The van der Waals surface area contributed by atoms with Crippen molar-refractivity contribution in [2.45, 2.75) is 62.1 Å². The molecule has 0 spiro atoms. The molecule has 0 bridgehead atoms. The minimum Gasteiger partial charge on any atom is -0.359 e. The first kappa shape index (κ1) is 30.3. The summed E-state index contributed by atoms with van der Waals surface area (Å²) in [6.07, 6.45) is -25.4. The molecule has 0 amide bonds. The van der Waals surface area contributed by atoms with E-state index in [0.29, 0.717) is 7.11 Å². The van der Waals surface area contributed by atoms with Crippen LogP contribution >= 0.6 is 0 Å². The largest absolute Gasteiger partial charge is 0.430 e. The highest BCUT2D eigenvalue weighted by Crippen LogP contribution is 2.57. The molecule has 1 rings (SSSR count). The van der Waals surface area contributed by atoms with Crippen molar-refractivity contribution in [2.24, 2.45) is 0 Å². The van der Waals surface area contributed by atoms with Gasteiger partial charge in [-0.1, -0.05) is 26.0 Å². The van der Waals surface area contributed by atoms with Crippen molar-refractivity contribution < 1.29 is 66.9 Å². The molecule has 0 radical (unpaired) electrons. The van der Waals surface area contributed by atoms with E-state index < -0.39 is 71.4 Å². The Morgan fingerprint density at radius 3 is 1.35 bits per heavy atom. The summed E-state index contributed by atoms with van der Waals surface area (Å²) in [5.41, 5.74) is -15.3. The summed E-state index contributed by atoms with van der Waals surface area (Å²) in [6.45, 7) is 0.920. The van der Waals surface area contributed by atoms with E-state index in [0.717, 1.165) is 0 Å². The standard InChI is InChI=1S/C19H20F12O3/c1-5-10(2)11-6-12(14(33-4,16(20,21)22)17(23,24)25)8-13(7-11)15(18(26,27)28,19(29,30)31)34-9-32-3/h6-8,10H,5,9H2,1-4H3. The third-order valence-electron chi connectivity index (χ3n) is 5.25. The van der Waals surface area contributed by atoms with Gasteiger partial charge in [-0.05, 0) is 24.0 Å². The fourth-order valence-electron chi connectivity index (χ4n) is 3.30. The van der Waals surface area contributed by atoms with Gasteiger partial charge in [0.05, 0.1) is 0 Å². The van der Waals surface area contributed by atoms with Crippen LogP contribution in [0.4, 0.5) is 52.7 Å². The zero-order chi connectivity index (χ0) is 27.0. The van der Waals surface area contributed by atoms with Gasteiger partial charge in [-0.15, -0.1) is 0 Å². The second-order valence-electron chi connectivity index (χ2n) is 7.26. The van der Waals surface area contributed by atoms with Crippen LogP contribution in [0.15, 0.2) is 18.2 Å². The molecule has 0 aliphatic heterocycles. The first-order valence-corrected chi connectivity index (χ1v) is 9.28. The number of rotatable bonds is 8. The molecular weight excluding hydrogens is 504 g/mol. The van der Waals surface area contributed by atoms with Crippen molar-refractivity contribution in [2.75, 3.05) is 21.0 Å². The molecule has 1 unspecified atom stereocenters. The molecule has 0 heterocycles. The number of hydrogen-bond donors (Lipinski definition) is 0. The Labute approximate surface area is 186 Å². The maximum absolute atomic E-state index is 13.9. The van der Waals surface area contributed by atoms with E-state index in [-0.39, 0.29) is 25.7 Å². The third kappa shape index (κ3) is 4.96. The summed E-state index contributed by atoms with van der Waals surface area (Å²) in [4.78, 5) is 0. The molecule has 34 heavy (non-hydrogen) atoms. The van der Waals surface area contributed by atoms with Crippen molar-refractivity contribution in [3.05, 3.63) is 34.9 Å². The molecule has 198 valence electrons. The van der Waals surface area contributed by atoms with Crippen LogP contribution in [-0.4, -0.2) is 45.7 Å². The topological polar surface area (TPSA) is 27.7 Å². The highest BCUT2D eigenvalue weighted by atomic mass is 19.4. The van der Waals surface area contributed by atoms with E-state index in [1.165, 1.54) is 13.8 Å². The molecule has 0 aromatic heterocycles. The fraction of sp³-hybridized carbons (Fsp3) is 0.684. The van der Waals surface area contributed by atoms with Gasteiger partial charge < -0.3 is 14.2 Å². The van der Waals surface area contributed by atoms with Crippen molar-refractivity contribution in [3.63, 3.8) is 0 Å². The molecule has 1 atom stereocenters. The lowest BCUT2D eigenvalue weighted by Gasteiger charge is -2.40. The zero-order valence-corrected chi connectivity index (χ0v) is 18.0. The van der Waals surface area contributed by atoms with Crippen molar-refractivity contribution in [3.8, 4) is 0 Å². The average molecular weight is 524 g/mol. The summed E-state index contributed by atoms with van der Waals surface area (Å²) < 4.78 is 178. The molecule has 1 aromatic rings. The Morgan fingerprint density at radius 1 is 0.676 bits per heavy atom. The van der Waals surface area contributed by atoms with Gasteiger partial charge in [0.2, 0.25) is 0 Å². The molecule has 1 aromatic carbocycles. The summed E-state index contributed by atoms with van der Waals surface area (Å²) >= 11 is 0. The van der Waals surface area contributed by atoms with Crippen LogP contribution in [0.25, 0.3) is 0 Å². The van der Waals surface area contributed by atoms with Crippen LogP contribution in [0.3, 0.4) is 0 Å². The Morgan fingerprint density at radius 2 is 1.06 bits per heavy atom. The van der Waals surface area contributed by atoms with Gasteiger partial charge in [-0.25, -0.2) is 0 Å². The van der Waals surface area contributed by atoms with Gasteiger partial charge in [0.1, 0.15) is 6.79 Å². The van der Waals surface area contributed by atoms with Crippen molar-refractivity contribution in [1.29, 1.82) is 0 Å². The first-order chi connectivity index (χ1) is 15.2. The smallest absolute Gasteiger partial charge is 0.359 e. The molecule has 15 heteroatoms. The molecule has 0 aliphatic rings. The maximum Gasteiger partial charge on any atom is 0.430 e. The summed E-state index contributed by atoms with van der Waals surface area (Å²) in [5.74, 6) is -1.05. The summed E-state index contributed by atoms with van der Waals surface area (Å²) in [6, 6.07) is -0.0789. The van der Waals surface area contributed by atoms with Crippen LogP contribution in [0.1, 0.15) is 42.9 Å². The van der Waals surface area contributed by atoms with Crippen LogP contribution in [0, 0.1) is 0 Å². The molecule has 0 aliphatic carbocycles. The molecular formula is C19H20F12O3. The maximum atomic E-state index is 13.9. The normalized spacial score (nSPS) is 15.5. The Balaban J connectivity index is 4.31. The van der Waals surface area contributed by atoms with Gasteiger partial charge in [0.15, 0.2) is 0 Å². The monoisotopic (exact) mass is 524 g/mol. The summed E-state index contributed by atoms with van der Waals surface area (Å²) in [5, 5.41) is 0. The lowest BCUT2D eigenvalue weighted by Crippen LogP contribution is -2.57. The number of halogens is 12. The van der Waals surface area contributed by atoms with Gasteiger partial charge >= 0.3 is 24.7 Å². The molecule has 0 saturated carbocycles. The minimum absolute atomic E-state index is 0.0151. The zero-order valence-electron chi connectivity index (χ0n) is 18.0. The Hall–Kier alpha value is -1.74. The predicted molar refractivity (Wildman–Crippen MR) is 92.7 cm³/mol. The second-order valence-corrected chi connectivity index (χ2v) is 7.26. The number of alkyl halides is 12. The van der Waals surface area contributed by atoms with E-state index in [1.54, 1.807) is 0 Å². The van der Waals surface area contributed by atoms with E-state index in [4.69, 9.17) is 0 Å². The Kier molecular flexibility index (Phi) is 8.66. The quantitative estimate of drug-likeness (QED) is 0.268. The highest BCUT2D eigenvalue weighted by Gasteiger charge is 2.76. The van der Waals surface area contributed by atoms with Gasteiger partial charge in [0.25, 0.3) is 11.2 Å². The number of ether oxygens (including phenoxy) is 3. The van der Waals surface area contributed by atoms with Crippen LogP contribution in [-0.2, 0) is 25.4 Å². The SMILES string of the molecule is CCC(C)c1cc(C(OC)(C(F)(F)F)C(F)(F)F)cc(C(OCOC)(C(F)(F)F)C(F)(F)F)c1. The minimum atomic E-state index is -6.37. The van der Waals surface area contributed by atoms with Gasteiger partial charge in [-0.2, -0.15) is 52.7 Å². The van der Waals surface area contributed by atoms with E-state index >= 15 is 0 Å². The van der Waals surface area contributed by atoms with Crippen LogP contribution < -0.4 is 0 Å². The molecule has 0 saturated heterocycles. The lowest BCUT2D eigenvalue weighted by molar-refractivity contribution is -0.400. The predicted octanol–water partition coefficient (Wildman–Crippen LogP) is 7.11. The molecule has 0 N–H and O–H groups in total. The highest BCUT2D eigenvalue weighted by molar-refractivity contribution is 5.41. The number of methoxy groups -OCH3 is 2. The fourth-order valence-corrected chi connectivity index (χ4v) is 3.30. The lowest BCUT2D eigenvalue weighted by atomic mass is 9.81. The van der Waals surface area contributed by atoms with Crippen molar-refractivity contribution >= 4 is 0 Å². The summed E-state index contributed by atoms with van der Waals surface area (Å²) in [7, 11) is 0.653. The van der Waals surface area contributed by atoms with E-state index in [1.807, 2.05) is 0 Å². The van der Waals surface area contributed by atoms with E-state index in [2.05, 4.69) is 14.2 Å². The van der Waals surface area contributed by atoms with E-state index in [9.17, 15) is 52.7 Å². The Bertz CT molecular complexity index is 796. The average Bonchev–Trinajstić information content (AvgIpc) is 2.64. The first-order valence-electron chi connectivity index (χ1n) is 9.28. The van der Waals surface area contributed by atoms with Crippen molar-refractivity contribution in [1.82, 2.24) is 0 Å². The second kappa shape index (κ2) is 9.72. The van der Waals surface area contributed by atoms with Crippen LogP contribution in [0.2, 0.25) is 0 Å². The number of benzene rings is 1. The molecule has 0 fully saturated rings. The van der Waals surface area contributed by atoms with Gasteiger partial charge in [0, 0.05) is 25.3 Å². The number of hydrogen-bond acceptors (Lipinski definition) is 3. The third-order valence-corrected chi connectivity index (χ3v) is 5.25.